The van der Waals surface area contributed by atoms with Crippen molar-refractivity contribution in [3.05, 3.63) is 59.4 Å². The van der Waals surface area contributed by atoms with E-state index < -0.39 is 17.4 Å². The number of aryl methyl sites for hydroxylation is 1. The number of unbranched alkanes of at least 4 members (excludes halogenated alkanes) is 3. The van der Waals surface area contributed by atoms with Crippen LogP contribution in [0.5, 0.6) is 0 Å². The molecule has 2 rings (SSSR count). The number of carboxylic acid groups (broad SMARTS) is 2. The van der Waals surface area contributed by atoms with Crippen LogP contribution in [0, 0.1) is 23.1 Å². The quantitative estimate of drug-likeness (QED) is 0.211. The smallest absolute Gasteiger partial charge is 0.321 e. The SMILES string of the molecule is CCCCCCc1ccc(-c2ccc(CCNCC#CCC(C)(C(=O)O)C(=O)O)cc2F)cc1. The van der Waals surface area contributed by atoms with Crippen LogP contribution in [0.3, 0.4) is 0 Å². The third-order valence-electron chi connectivity index (χ3n) is 5.93. The topological polar surface area (TPSA) is 86.6 Å². The standard InChI is InChI=1S/C28H34FNO4/c1-3-4-5-6-9-21-10-13-23(14-11-21)24-15-12-22(20-25(24)29)16-19-30-18-8-7-17-28(2,26(31)32)27(33)34/h10-15,20,30H,3-6,9,16-19H2,1-2H3,(H,31,32)(H,33,34). The number of hydrogen-bond donors (Lipinski definition) is 3. The van der Waals surface area contributed by atoms with Gasteiger partial charge in [-0.25, -0.2) is 4.39 Å². The zero-order valence-corrected chi connectivity index (χ0v) is 20.0. The normalized spacial score (nSPS) is 11.0. The maximum atomic E-state index is 14.7. The van der Waals surface area contributed by atoms with Crippen molar-refractivity contribution in [3.8, 4) is 23.0 Å². The van der Waals surface area contributed by atoms with Gasteiger partial charge in [0.15, 0.2) is 5.41 Å². The van der Waals surface area contributed by atoms with Crippen molar-refractivity contribution in [3.63, 3.8) is 0 Å². The second kappa shape index (κ2) is 13.5. The molecule has 0 aliphatic rings. The molecule has 0 atom stereocenters. The summed E-state index contributed by atoms with van der Waals surface area (Å²) >= 11 is 0. The minimum atomic E-state index is -1.92. The first-order valence-electron chi connectivity index (χ1n) is 11.8. The van der Waals surface area contributed by atoms with E-state index in [4.69, 9.17) is 10.2 Å². The molecule has 0 spiro atoms. The van der Waals surface area contributed by atoms with E-state index in [0.717, 1.165) is 24.5 Å². The van der Waals surface area contributed by atoms with Crippen LogP contribution in [0.4, 0.5) is 4.39 Å². The molecule has 2 aromatic rings. The highest BCUT2D eigenvalue weighted by molar-refractivity contribution is 5.98. The van der Waals surface area contributed by atoms with E-state index in [9.17, 15) is 14.0 Å². The molecule has 6 heteroatoms. The Morgan fingerprint density at radius 1 is 0.941 bits per heavy atom. The van der Waals surface area contributed by atoms with Gasteiger partial charge in [0.2, 0.25) is 0 Å². The zero-order chi connectivity index (χ0) is 25.0. The molecule has 0 saturated heterocycles. The Labute approximate surface area is 201 Å². The second-order valence-corrected chi connectivity index (χ2v) is 8.72. The van der Waals surface area contributed by atoms with Crippen molar-refractivity contribution in [1.29, 1.82) is 0 Å². The van der Waals surface area contributed by atoms with Crippen molar-refractivity contribution in [2.45, 2.75) is 58.8 Å². The number of carboxylic acids is 2. The van der Waals surface area contributed by atoms with Gasteiger partial charge in [0.05, 0.1) is 6.54 Å². The molecule has 0 bridgehead atoms. The Kier molecular flexibility index (Phi) is 10.8. The number of halogens is 1. The number of hydrogen-bond acceptors (Lipinski definition) is 3. The Balaban J connectivity index is 1.82. The summed E-state index contributed by atoms with van der Waals surface area (Å²) in [7, 11) is 0. The van der Waals surface area contributed by atoms with E-state index in [1.165, 1.54) is 31.2 Å². The Morgan fingerprint density at radius 2 is 1.62 bits per heavy atom. The minimum absolute atomic E-state index is 0.255. The summed E-state index contributed by atoms with van der Waals surface area (Å²) in [5.41, 5.74) is 1.67. The first-order chi connectivity index (χ1) is 16.3. The third-order valence-corrected chi connectivity index (χ3v) is 5.93. The lowest BCUT2D eigenvalue weighted by Gasteiger charge is -2.15. The van der Waals surface area contributed by atoms with Crippen LogP contribution in [-0.2, 0) is 22.4 Å². The van der Waals surface area contributed by atoms with Crippen LogP contribution in [0.2, 0.25) is 0 Å². The van der Waals surface area contributed by atoms with E-state index in [1.807, 2.05) is 18.2 Å². The van der Waals surface area contributed by atoms with Crippen molar-refractivity contribution in [1.82, 2.24) is 5.32 Å². The number of rotatable bonds is 13. The molecule has 34 heavy (non-hydrogen) atoms. The Morgan fingerprint density at radius 3 is 2.24 bits per heavy atom. The molecule has 0 fully saturated rings. The molecule has 3 N–H and O–H groups in total. The fraction of sp³-hybridized carbons (Fsp3) is 0.429. The highest BCUT2D eigenvalue weighted by Gasteiger charge is 2.40. The summed E-state index contributed by atoms with van der Waals surface area (Å²) in [6, 6.07) is 13.4. The Bertz CT molecular complexity index is 1010. The lowest BCUT2D eigenvalue weighted by atomic mass is 9.87. The van der Waals surface area contributed by atoms with Crippen molar-refractivity contribution >= 4 is 11.9 Å². The molecule has 0 aliphatic heterocycles. The first-order valence-corrected chi connectivity index (χ1v) is 11.8. The van der Waals surface area contributed by atoms with Crippen LogP contribution in [0.15, 0.2) is 42.5 Å². The van der Waals surface area contributed by atoms with Crippen LogP contribution < -0.4 is 5.32 Å². The van der Waals surface area contributed by atoms with Crippen LogP contribution >= 0.6 is 0 Å². The monoisotopic (exact) mass is 467 g/mol. The van der Waals surface area contributed by atoms with Gasteiger partial charge in [-0.3, -0.25) is 9.59 Å². The molecule has 0 aliphatic carbocycles. The van der Waals surface area contributed by atoms with Gasteiger partial charge >= 0.3 is 11.9 Å². The molecule has 0 heterocycles. The lowest BCUT2D eigenvalue weighted by Crippen LogP contribution is -2.35. The van der Waals surface area contributed by atoms with Gasteiger partial charge < -0.3 is 15.5 Å². The molecule has 0 radical (unpaired) electrons. The molecular weight excluding hydrogens is 433 g/mol. The van der Waals surface area contributed by atoms with Gasteiger partial charge in [0, 0.05) is 18.5 Å². The lowest BCUT2D eigenvalue weighted by molar-refractivity contribution is -0.162. The van der Waals surface area contributed by atoms with Crippen LogP contribution in [0.1, 0.15) is 57.1 Å². The maximum absolute atomic E-state index is 14.7. The number of benzene rings is 2. The highest BCUT2D eigenvalue weighted by Crippen LogP contribution is 2.25. The van der Waals surface area contributed by atoms with E-state index in [2.05, 4.69) is 36.2 Å². The maximum Gasteiger partial charge on any atom is 0.321 e. The molecule has 0 amide bonds. The van der Waals surface area contributed by atoms with Gasteiger partial charge in [-0.1, -0.05) is 68.5 Å². The predicted molar refractivity (Wildman–Crippen MR) is 132 cm³/mol. The summed E-state index contributed by atoms with van der Waals surface area (Å²) < 4.78 is 14.7. The van der Waals surface area contributed by atoms with E-state index in [0.29, 0.717) is 25.1 Å². The average Bonchev–Trinajstić information content (AvgIpc) is 2.81. The molecule has 5 nitrogen and oxygen atoms in total. The molecular formula is C28H34FNO4. The van der Waals surface area contributed by atoms with Crippen molar-refractivity contribution < 1.29 is 24.2 Å². The van der Waals surface area contributed by atoms with Crippen LogP contribution in [0.25, 0.3) is 11.1 Å². The minimum Gasteiger partial charge on any atom is -0.480 e. The summed E-state index contributed by atoms with van der Waals surface area (Å²) in [5, 5.41) is 21.2. The number of nitrogens with one attached hydrogen (secondary N) is 1. The summed E-state index contributed by atoms with van der Waals surface area (Å²) in [6.07, 6.45) is 6.30. The number of carbonyl (C=O) groups is 2. The molecule has 0 aromatic heterocycles. The fourth-order valence-corrected chi connectivity index (χ4v) is 3.48. The predicted octanol–water partition coefficient (Wildman–Crippen LogP) is 5.32. The highest BCUT2D eigenvalue weighted by atomic mass is 19.1. The fourth-order valence-electron chi connectivity index (χ4n) is 3.48. The average molecular weight is 468 g/mol. The van der Waals surface area contributed by atoms with E-state index in [-0.39, 0.29) is 12.2 Å². The summed E-state index contributed by atoms with van der Waals surface area (Å²) in [4.78, 5) is 22.2. The van der Waals surface area contributed by atoms with Crippen LogP contribution in [-0.4, -0.2) is 35.2 Å². The van der Waals surface area contributed by atoms with Gasteiger partial charge in [0.1, 0.15) is 5.82 Å². The van der Waals surface area contributed by atoms with E-state index in [1.54, 1.807) is 12.1 Å². The number of aliphatic carboxylic acids is 2. The van der Waals surface area contributed by atoms with E-state index >= 15 is 0 Å². The molecule has 0 unspecified atom stereocenters. The molecule has 0 saturated carbocycles. The second-order valence-electron chi connectivity index (χ2n) is 8.72. The third kappa shape index (κ3) is 8.00. The first kappa shape index (κ1) is 27.1. The van der Waals surface area contributed by atoms with Crippen molar-refractivity contribution in [2.24, 2.45) is 5.41 Å². The Hall–Kier alpha value is -3.17. The van der Waals surface area contributed by atoms with Crippen molar-refractivity contribution in [2.75, 3.05) is 13.1 Å². The molecule has 182 valence electrons. The van der Waals surface area contributed by atoms with Gasteiger partial charge in [-0.05, 0) is 48.9 Å². The molecule has 2 aromatic carbocycles. The summed E-state index contributed by atoms with van der Waals surface area (Å²) in [5.74, 6) is 2.27. The largest absolute Gasteiger partial charge is 0.480 e. The van der Waals surface area contributed by atoms with Gasteiger partial charge in [0.25, 0.3) is 0 Å². The van der Waals surface area contributed by atoms with Gasteiger partial charge in [-0.2, -0.15) is 0 Å². The summed E-state index contributed by atoms with van der Waals surface area (Å²) in [6.45, 7) is 4.20. The zero-order valence-electron chi connectivity index (χ0n) is 20.0. The van der Waals surface area contributed by atoms with Gasteiger partial charge in [-0.15, -0.1) is 5.92 Å².